The van der Waals surface area contributed by atoms with Crippen molar-refractivity contribution in [3.05, 3.63) is 71.5 Å². The van der Waals surface area contributed by atoms with Gasteiger partial charge in [0.2, 0.25) is 0 Å². The highest BCUT2D eigenvalue weighted by atomic mass is 16.6. The normalized spacial score (nSPS) is 24.1. The third-order valence-electron chi connectivity index (χ3n) is 7.12. The summed E-state index contributed by atoms with van der Waals surface area (Å²) in [6, 6.07) is 17.4. The van der Waals surface area contributed by atoms with Gasteiger partial charge in [-0.15, -0.1) is 5.10 Å². The second-order valence-electron chi connectivity index (χ2n) is 10.1. The molecule has 5 rings (SSSR count). The Morgan fingerprint density at radius 1 is 1.03 bits per heavy atom. The molecule has 4 atom stereocenters. The Morgan fingerprint density at radius 3 is 2.44 bits per heavy atom. The van der Waals surface area contributed by atoms with Gasteiger partial charge in [-0.1, -0.05) is 64.5 Å². The molecule has 1 aromatic heterocycles. The van der Waals surface area contributed by atoms with E-state index < -0.39 is 6.29 Å². The molecule has 3 unspecified atom stereocenters. The fourth-order valence-electron chi connectivity index (χ4n) is 4.97. The van der Waals surface area contributed by atoms with Gasteiger partial charge in [-0.05, 0) is 44.0 Å². The molecule has 1 saturated heterocycles. The van der Waals surface area contributed by atoms with E-state index in [4.69, 9.17) is 9.57 Å². The van der Waals surface area contributed by atoms with Crippen molar-refractivity contribution in [2.24, 2.45) is 5.16 Å². The van der Waals surface area contributed by atoms with E-state index in [0.717, 1.165) is 42.8 Å². The van der Waals surface area contributed by atoms with Crippen LogP contribution in [0.25, 0.3) is 11.1 Å². The number of aliphatic hydroxyl groups excluding tert-OH is 1. The van der Waals surface area contributed by atoms with Gasteiger partial charge >= 0.3 is 0 Å². The number of aryl methyl sites for hydroxylation is 1. The van der Waals surface area contributed by atoms with E-state index in [-0.39, 0.29) is 12.2 Å². The molecule has 2 aliphatic rings. The molecule has 3 aromatic rings. The largest absolute Gasteiger partial charge is 0.390 e. The van der Waals surface area contributed by atoms with Gasteiger partial charge in [-0.2, -0.15) is 0 Å². The summed E-state index contributed by atoms with van der Waals surface area (Å²) in [6.07, 6.45) is 4.45. The van der Waals surface area contributed by atoms with Gasteiger partial charge in [-0.3, -0.25) is 0 Å². The highest BCUT2D eigenvalue weighted by Gasteiger charge is 2.28. The molecular weight excluding hydrogens is 454 g/mol. The van der Waals surface area contributed by atoms with Gasteiger partial charge in [0.15, 0.2) is 12.4 Å². The van der Waals surface area contributed by atoms with Crippen LogP contribution in [0, 0.1) is 6.92 Å². The van der Waals surface area contributed by atoms with Crippen LogP contribution in [0.2, 0.25) is 0 Å². The number of hydrogen-bond acceptors (Lipinski definition) is 7. The molecule has 1 N–H and O–H groups in total. The average Bonchev–Trinajstić information content (AvgIpc) is 3.52. The van der Waals surface area contributed by atoms with Crippen molar-refractivity contribution in [2.75, 3.05) is 13.6 Å². The number of rotatable bonds is 8. The molecule has 0 saturated carbocycles. The van der Waals surface area contributed by atoms with Crippen molar-refractivity contribution in [3.63, 3.8) is 0 Å². The molecular formula is C28H35N5O3. The molecule has 0 spiro atoms. The molecule has 1 fully saturated rings. The highest BCUT2D eigenvalue weighted by molar-refractivity contribution is 6.01. The summed E-state index contributed by atoms with van der Waals surface area (Å²) in [4.78, 5) is 8.00. The van der Waals surface area contributed by atoms with E-state index in [1.807, 2.05) is 17.8 Å². The third-order valence-corrected chi connectivity index (χ3v) is 7.12. The number of hydrogen-bond donors (Lipinski definition) is 1. The SMILES string of the molecule is Cc1ccc(-c2ccc(C3=NO[C@@H](Cn4cc(CCN(C)C5CC(C)OC(O)C5)nn4)C3)cc2)cc1. The van der Waals surface area contributed by atoms with Crippen LogP contribution in [0.5, 0.6) is 0 Å². The zero-order valence-corrected chi connectivity index (χ0v) is 21.2. The molecule has 0 aliphatic carbocycles. The molecule has 190 valence electrons. The molecule has 36 heavy (non-hydrogen) atoms. The Bertz CT molecular complexity index is 1160. The second-order valence-corrected chi connectivity index (χ2v) is 10.1. The lowest BCUT2D eigenvalue weighted by Gasteiger charge is -2.36. The van der Waals surface area contributed by atoms with Crippen molar-refractivity contribution in [1.29, 1.82) is 0 Å². The molecule has 0 amide bonds. The molecule has 0 bridgehead atoms. The lowest BCUT2D eigenvalue weighted by atomic mass is 9.99. The number of aromatic nitrogens is 3. The van der Waals surface area contributed by atoms with Gasteiger partial charge in [0, 0.05) is 38.0 Å². The van der Waals surface area contributed by atoms with Gasteiger partial charge in [0.25, 0.3) is 0 Å². The number of ether oxygens (including phenoxy) is 1. The van der Waals surface area contributed by atoms with Crippen molar-refractivity contribution in [2.45, 2.75) is 70.6 Å². The van der Waals surface area contributed by atoms with Crippen molar-refractivity contribution < 1.29 is 14.7 Å². The van der Waals surface area contributed by atoms with Crippen LogP contribution in [0.15, 0.2) is 59.9 Å². The Balaban J connectivity index is 1.10. The van der Waals surface area contributed by atoms with Crippen LogP contribution >= 0.6 is 0 Å². The number of likely N-dealkylation sites (N-methyl/N-ethyl adjacent to an activating group) is 1. The average molecular weight is 490 g/mol. The monoisotopic (exact) mass is 489 g/mol. The van der Waals surface area contributed by atoms with Crippen LogP contribution in [0.4, 0.5) is 0 Å². The van der Waals surface area contributed by atoms with Crippen LogP contribution in [0.1, 0.15) is 43.0 Å². The first kappa shape index (κ1) is 24.6. The lowest BCUT2D eigenvalue weighted by molar-refractivity contribution is -0.173. The molecule has 3 heterocycles. The van der Waals surface area contributed by atoms with Crippen LogP contribution in [-0.2, 0) is 22.5 Å². The van der Waals surface area contributed by atoms with Gasteiger partial charge in [-0.25, -0.2) is 4.68 Å². The van der Waals surface area contributed by atoms with Crippen molar-refractivity contribution in [3.8, 4) is 11.1 Å². The summed E-state index contributed by atoms with van der Waals surface area (Å²) in [5, 5.41) is 22.9. The van der Waals surface area contributed by atoms with E-state index in [0.29, 0.717) is 19.0 Å². The third kappa shape index (κ3) is 6.00. The standard InChI is InChI=1S/C28H35N5O3/c1-19-4-6-21(7-5-19)22-8-10-23(11-9-22)27-16-26(36-30-27)18-33-17-24(29-31-33)12-13-32(3)25-14-20(2)35-28(34)15-25/h4-11,17,20,25-26,28,34H,12-16,18H2,1-3H3/t20?,25?,26-,28?/m1/s1. The Kier molecular flexibility index (Phi) is 7.46. The van der Waals surface area contributed by atoms with E-state index >= 15 is 0 Å². The van der Waals surface area contributed by atoms with Crippen LogP contribution in [0.3, 0.4) is 0 Å². The maximum Gasteiger partial charge on any atom is 0.156 e. The maximum absolute atomic E-state index is 9.89. The molecule has 2 aliphatic heterocycles. The van der Waals surface area contributed by atoms with E-state index in [2.05, 4.69) is 82.9 Å². The van der Waals surface area contributed by atoms with Gasteiger partial charge < -0.3 is 19.6 Å². The minimum absolute atomic E-state index is 0.0563. The smallest absolute Gasteiger partial charge is 0.156 e. The first-order chi connectivity index (χ1) is 17.4. The lowest BCUT2D eigenvalue weighted by Crippen LogP contribution is -2.43. The topological polar surface area (TPSA) is 85.0 Å². The number of nitrogens with zero attached hydrogens (tertiary/aromatic N) is 5. The summed E-state index contributed by atoms with van der Waals surface area (Å²) in [7, 11) is 2.10. The van der Waals surface area contributed by atoms with Gasteiger partial charge in [0.1, 0.15) is 0 Å². The summed E-state index contributed by atoms with van der Waals surface area (Å²) >= 11 is 0. The van der Waals surface area contributed by atoms with E-state index in [1.165, 1.54) is 16.7 Å². The summed E-state index contributed by atoms with van der Waals surface area (Å²) in [6.45, 7) is 5.58. The minimum Gasteiger partial charge on any atom is -0.390 e. The van der Waals surface area contributed by atoms with Crippen LogP contribution < -0.4 is 0 Å². The molecule has 8 heteroatoms. The highest BCUT2D eigenvalue weighted by Crippen LogP contribution is 2.24. The fourth-order valence-corrected chi connectivity index (χ4v) is 4.97. The Hall–Kier alpha value is -3.07. The zero-order chi connectivity index (χ0) is 25.1. The van der Waals surface area contributed by atoms with E-state index in [9.17, 15) is 5.11 Å². The molecule has 2 aromatic carbocycles. The Morgan fingerprint density at radius 2 is 1.72 bits per heavy atom. The second kappa shape index (κ2) is 10.9. The first-order valence-corrected chi connectivity index (χ1v) is 12.8. The maximum atomic E-state index is 9.89. The predicted molar refractivity (Wildman–Crippen MR) is 139 cm³/mol. The first-order valence-electron chi connectivity index (χ1n) is 12.8. The van der Waals surface area contributed by atoms with Crippen LogP contribution in [-0.4, -0.2) is 68.8 Å². The number of aliphatic hydroxyl groups is 1. The van der Waals surface area contributed by atoms with Gasteiger partial charge in [0.05, 0.1) is 24.1 Å². The zero-order valence-electron chi connectivity index (χ0n) is 21.2. The predicted octanol–water partition coefficient (Wildman–Crippen LogP) is 3.81. The summed E-state index contributed by atoms with van der Waals surface area (Å²) in [5.74, 6) is 0. The molecule has 0 radical (unpaired) electrons. The number of benzene rings is 2. The Labute approximate surface area is 212 Å². The number of oxime groups is 1. The molecule has 8 nitrogen and oxygen atoms in total. The summed E-state index contributed by atoms with van der Waals surface area (Å²) < 4.78 is 7.29. The minimum atomic E-state index is -0.674. The summed E-state index contributed by atoms with van der Waals surface area (Å²) in [5.41, 5.74) is 6.67. The van der Waals surface area contributed by atoms with Crippen molar-refractivity contribution in [1.82, 2.24) is 19.9 Å². The van der Waals surface area contributed by atoms with Crippen molar-refractivity contribution >= 4 is 5.71 Å². The fraction of sp³-hybridized carbons (Fsp3) is 0.464. The quantitative estimate of drug-likeness (QED) is 0.518. The van der Waals surface area contributed by atoms with E-state index in [1.54, 1.807) is 0 Å².